The number of hydrogen-bond acceptors (Lipinski definition) is 8. The van der Waals surface area contributed by atoms with Gasteiger partial charge < -0.3 is 39.5 Å². The average Bonchev–Trinajstić information content (AvgIpc) is 3.68. The number of methoxy groups -OCH3 is 3. The molecule has 0 aromatic rings. The molecule has 2 rings (SSSR count). The van der Waals surface area contributed by atoms with Gasteiger partial charge in [-0.3, -0.25) is 19.2 Å². The molecular weight excluding hydrogens is 613 g/mol. The predicted octanol–water partition coefficient (Wildman–Crippen LogP) is 1.50. The van der Waals surface area contributed by atoms with Gasteiger partial charge in [-0.1, -0.05) is 54.9 Å². The summed E-state index contributed by atoms with van der Waals surface area (Å²) in [6, 6.07) is -1.97. The number of likely N-dealkylation sites (tertiary alicyclic amines) is 2. The summed E-state index contributed by atoms with van der Waals surface area (Å²) in [4.78, 5) is 60.5. The van der Waals surface area contributed by atoms with Crippen molar-refractivity contribution < 1.29 is 33.4 Å². The van der Waals surface area contributed by atoms with Crippen molar-refractivity contribution in [3.8, 4) is 0 Å². The van der Waals surface area contributed by atoms with E-state index in [9.17, 15) is 19.2 Å². The summed E-state index contributed by atoms with van der Waals surface area (Å²) in [5, 5.41) is 6.05. The Morgan fingerprint density at radius 3 is 2.04 bits per heavy atom. The van der Waals surface area contributed by atoms with Crippen molar-refractivity contribution in [3.05, 3.63) is 0 Å². The first kappa shape index (κ1) is 42.0. The second-order valence-corrected chi connectivity index (χ2v) is 14.8. The molecule has 0 bridgehead atoms. The molecule has 4 amide bonds. The van der Waals surface area contributed by atoms with E-state index >= 15 is 0 Å². The minimum Gasteiger partial charge on any atom is -0.380 e. The van der Waals surface area contributed by atoms with Crippen LogP contribution in [-0.2, 0) is 33.4 Å². The van der Waals surface area contributed by atoms with E-state index in [-0.39, 0.29) is 65.9 Å². The first-order chi connectivity index (χ1) is 22.6. The van der Waals surface area contributed by atoms with Crippen LogP contribution < -0.4 is 10.6 Å². The Morgan fingerprint density at radius 2 is 1.58 bits per heavy atom. The third-order valence-corrected chi connectivity index (χ3v) is 10.9. The van der Waals surface area contributed by atoms with Gasteiger partial charge in [0.25, 0.3) is 0 Å². The molecule has 13 heteroatoms. The second-order valence-electron chi connectivity index (χ2n) is 14.8. The van der Waals surface area contributed by atoms with Crippen molar-refractivity contribution in [3.63, 3.8) is 0 Å². The van der Waals surface area contributed by atoms with E-state index in [0.717, 1.165) is 25.8 Å². The molecule has 2 heterocycles. The van der Waals surface area contributed by atoms with Crippen LogP contribution in [0.4, 0.5) is 0 Å². The van der Waals surface area contributed by atoms with Gasteiger partial charge in [-0.05, 0) is 50.0 Å². The van der Waals surface area contributed by atoms with E-state index in [1.54, 1.807) is 45.2 Å². The lowest BCUT2D eigenvalue weighted by Gasteiger charge is -2.41. The van der Waals surface area contributed by atoms with Crippen molar-refractivity contribution in [2.75, 3.05) is 48.5 Å². The van der Waals surface area contributed by atoms with Gasteiger partial charge in [-0.15, -0.1) is 0 Å². The smallest absolute Gasteiger partial charge is 0.245 e. The molecule has 48 heavy (non-hydrogen) atoms. The number of carbonyl (C=O) groups excluding carboxylic acids is 4. The maximum atomic E-state index is 14.2. The van der Waals surface area contributed by atoms with Gasteiger partial charge in [0, 0.05) is 41.5 Å². The van der Waals surface area contributed by atoms with E-state index in [1.807, 2.05) is 39.5 Å². The zero-order valence-electron chi connectivity index (χ0n) is 32.1. The highest BCUT2D eigenvalue weighted by Crippen LogP contribution is 2.32. The summed E-state index contributed by atoms with van der Waals surface area (Å²) in [5.41, 5.74) is 0. The molecule has 0 aromatic carbocycles. The highest BCUT2D eigenvalue weighted by atomic mass is 16.5. The normalized spacial score (nSPS) is 24.2. The van der Waals surface area contributed by atoms with Gasteiger partial charge in [0.2, 0.25) is 23.6 Å². The van der Waals surface area contributed by atoms with Gasteiger partial charge in [0.1, 0.15) is 13.9 Å². The number of nitrogens with zero attached hydrogens (tertiary/aromatic N) is 3. The Labute approximate surface area is 291 Å². The summed E-state index contributed by atoms with van der Waals surface area (Å²) in [6.07, 6.45) is 2.01. The zero-order chi connectivity index (χ0) is 36.5. The minimum absolute atomic E-state index is 0.00569. The monoisotopic (exact) mass is 680 g/mol. The van der Waals surface area contributed by atoms with Crippen molar-refractivity contribution in [2.45, 2.75) is 129 Å². The third-order valence-electron chi connectivity index (χ3n) is 10.9. The van der Waals surface area contributed by atoms with Gasteiger partial charge in [0.15, 0.2) is 0 Å². The number of likely N-dealkylation sites (N-methyl/N-ethyl adjacent to an activating group) is 2. The maximum absolute atomic E-state index is 14.2. The molecule has 2 fully saturated rings. The Balaban J connectivity index is 2.34. The first-order valence-electron chi connectivity index (χ1n) is 18.0. The molecule has 12 nitrogen and oxygen atoms in total. The Hall–Kier alpha value is -2.22. The molecule has 0 radical (unpaired) electrons. The Bertz CT molecular complexity index is 1060. The molecule has 10 atom stereocenters. The largest absolute Gasteiger partial charge is 0.380 e. The minimum atomic E-state index is -0.748. The summed E-state index contributed by atoms with van der Waals surface area (Å²) < 4.78 is 17.7. The number of hydrogen-bond donors (Lipinski definition) is 2. The van der Waals surface area contributed by atoms with Crippen LogP contribution in [0.2, 0.25) is 0 Å². The lowest BCUT2D eigenvalue weighted by Crippen LogP contribution is -2.59. The number of ether oxygens (including phenoxy) is 3. The first-order valence-corrected chi connectivity index (χ1v) is 18.0. The molecule has 0 unspecified atom stereocenters. The van der Waals surface area contributed by atoms with Crippen LogP contribution >= 0.6 is 0 Å². The summed E-state index contributed by atoms with van der Waals surface area (Å²) in [7, 11) is 10.4. The van der Waals surface area contributed by atoms with Gasteiger partial charge in [0.05, 0.1) is 48.8 Å². The van der Waals surface area contributed by atoms with E-state index < -0.39 is 36.3 Å². The number of rotatable bonds is 18. The molecular formula is C35H66BN5O7. The van der Waals surface area contributed by atoms with Gasteiger partial charge in [-0.25, -0.2) is 0 Å². The summed E-state index contributed by atoms with van der Waals surface area (Å²) >= 11 is 0. The maximum Gasteiger partial charge on any atom is 0.245 e. The van der Waals surface area contributed by atoms with Crippen molar-refractivity contribution >= 4 is 31.5 Å². The van der Waals surface area contributed by atoms with E-state index in [2.05, 4.69) is 32.3 Å². The summed E-state index contributed by atoms with van der Waals surface area (Å²) in [6.45, 7) is 14.9. The van der Waals surface area contributed by atoms with Gasteiger partial charge in [-0.2, -0.15) is 0 Å². The zero-order valence-corrected chi connectivity index (χ0v) is 32.1. The lowest BCUT2D eigenvalue weighted by molar-refractivity contribution is -0.149. The molecule has 0 aliphatic carbocycles. The second kappa shape index (κ2) is 19.2. The molecule has 0 spiro atoms. The highest BCUT2D eigenvalue weighted by Gasteiger charge is 2.46. The van der Waals surface area contributed by atoms with Crippen LogP contribution in [0.1, 0.15) is 80.6 Å². The van der Waals surface area contributed by atoms with Crippen LogP contribution in [-0.4, -0.2) is 143 Å². The van der Waals surface area contributed by atoms with Crippen molar-refractivity contribution in [1.29, 1.82) is 0 Å². The molecule has 2 saturated heterocycles. The molecule has 2 N–H and O–H groups in total. The van der Waals surface area contributed by atoms with Crippen LogP contribution in [0.25, 0.3) is 0 Å². The number of amides is 4. The topological polar surface area (TPSA) is 130 Å². The van der Waals surface area contributed by atoms with Crippen molar-refractivity contribution in [2.24, 2.45) is 23.7 Å². The number of carbonyl (C=O) groups is 4. The van der Waals surface area contributed by atoms with Crippen LogP contribution in [0.3, 0.4) is 0 Å². The van der Waals surface area contributed by atoms with Crippen LogP contribution in [0, 0.1) is 23.7 Å². The fourth-order valence-electron chi connectivity index (χ4n) is 7.71. The standard InChI is InChI=1S/C35H66BN5O7/c1-13-22(6)31(39(9)35(45)30(21(4)5)38-33(43)29(37-8)20(2)3)26(47-11)18-28(42)41-19-24(46-10)17-25(41)32(48-12)23(7)34(44)40-16-14-15-27(40)36/h20-27,29-32,37H,13-19,36H2,1-12H3,(H,38,43)/t22-,23+,24+,25-,26+,27-,29-,30-,31-,32+/m0/s1. The molecule has 0 saturated carbocycles. The SMILES string of the molecule is B[C@@H]1CCCN1C(=O)[C@H](C)[C@@H](OC)[C@@H]1C[C@@H](OC)CN1C(=O)C[C@@H](OC)[C@H]([C@@H](C)CC)N(C)C(=O)[C@@H](NC(=O)[C@@H](NC)C(C)C)C(C)C. The Morgan fingerprint density at radius 1 is 0.958 bits per heavy atom. The van der Waals surface area contributed by atoms with E-state index in [0.29, 0.717) is 13.0 Å². The van der Waals surface area contributed by atoms with Crippen LogP contribution in [0.5, 0.6) is 0 Å². The quantitative estimate of drug-likeness (QED) is 0.209. The van der Waals surface area contributed by atoms with Crippen molar-refractivity contribution in [1.82, 2.24) is 25.3 Å². The highest BCUT2D eigenvalue weighted by molar-refractivity contribution is 6.13. The fraction of sp³-hybridized carbons (Fsp3) is 0.886. The molecule has 2 aliphatic rings. The van der Waals surface area contributed by atoms with E-state index in [4.69, 9.17) is 14.2 Å². The fourth-order valence-corrected chi connectivity index (χ4v) is 7.71. The Kier molecular flexibility index (Phi) is 16.8. The van der Waals surface area contributed by atoms with Crippen LogP contribution in [0.15, 0.2) is 0 Å². The third kappa shape index (κ3) is 9.94. The lowest BCUT2D eigenvalue weighted by atomic mass is 9.89. The molecule has 0 aromatic heterocycles. The molecule has 2 aliphatic heterocycles. The van der Waals surface area contributed by atoms with E-state index in [1.165, 1.54) is 0 Å². The average molecular weight is 680 g/mol. The molecule has 276 valence electrons. The predicted molar refractivity (Wildman–Crippen MR) is 190 cm³/mol. The number of nitrogens with one attached hydrogen (secondary N) is 2. The summed E-state index contributed by atoms with van der Waals surface area (Å²) in [5.74, 6) is -0.916. The van der Waals surface area contributed by atoms with Gasteiger partial charge >= 0.3 is 0 Å².